The summed E-state index contributed by atoms with van der Waals surface area (Å²) in [4.78, 5) is 11.3. The van der Waals surface area contributed by atoms with E-state index >= 15 is 0 Å². The van der Waals surface area contributed by atoms with Crippen LogP contribution < -0.4 is 5.73 Å². The number of carbonyl (C=O) groups excluding carboxylic acids is 1. The van der Waals surface area contributed by atoms with Crippen molar-refractivity contribution in [2.24, 2.45) is 0 Å². The molecule has 0 saturated heterocycles. The fourth-order valence-electron chi connectivity index (χ4n) is 0.927. The molecule has 0 heterocycles. The van der Waals surface area contributed by atoms with Crippen molar-refractivity contribution in [3.05, 3.63) is 29.6 Å². The van der Waals surface area contributed by atoms with Gasteiger partial charge in [-0.05, 0) is 25.1 Å². The molecule has 13 heavy (non-hydrogen) atoms. The first-order chi connectivity index (χ1) is 6.02. The second-order valence-corrected chi connectivity index (χ2v) is 3.37. The van der Waals surface area contributed by atoms with Crippen molar-refractivity contribution in [2.45, 2.75) is 12.3 Å². The number of ketones is 1. The number of nitrogen functional groups attached to an aromatic ring is 1. The summed E-state index contributed by atoms with van der Waals surface area (Å²) in [5, 5.41) is -0.620. The molecule has 0 bridgehead atoms. The summed E-state index contributed by atoms with van der Waals surface area (Å²) in [6, 6.07) is 3.81. The van der Waals surface area contributed by atoms with Crippen molar-refractivity contribution >= 4 is 23.1 Å². The molecule has 0 aliphatic rings. The first-order valence-corrected chi connectivity index (χ1v) is 4.19. The van der Waals surface area contributed by atoms with Crippen molar-refractivity contribution in [2.75, 3.05) is 5.73 Å². The highest BCUT2D eigenvalue weighted by molar-refractivity contribution is 6.33. The fourth-order valence-corrected chi connectivity index (χ4v) is 1.05. The molecule has 1 aromatic rings. The van der Waals surface area contributed by atoms with Crippen LogP contribution in [0, 0.1) is 5.82 Å². The van der Waals surface area contributed by atoms with E-state index < -0.39 is 11.2 Å². The summed E-state index contributed by atoms with van der Waals surface area (Å²) < 4.78 is 12.7. The minimum Gasteiger partial charge on any atom is -0.396 e. The van der Waals surface area contributed by atoms with Gasteiger partial charge in [-0.2, -0.15) is 0 Å². The Balaban J connectivity index is 3.04. The molecular formula is C9H9ClFNO. The quantitative estimate of drug-likeness (QED) is 0.453. The van der Waals surface area contributed by atoms with Crippen LogP contribution in [-0.4, -0.2) is 11.2 Å². The second kappa shape index (κ2) is 3.75. The fraction of sp³-hybridized carbons (Fsp3) is 0.222. The van der Waals surface area contributed by atoms with E-state index in [1.165, 1.54) is 12.1 Å². The molecule has 0 aliphatic carbocycles. The highest BCUT2D eigenvalue weighted by Crippen LogP contribution is 2.15. The summed E-state index contributed by atoms with van der Waals surface area (Å²) in [6.07, 6.45) is 0. The zero-order valence-electron chi connectivity index (χ0n) is 7.05. The van der Waals surface area contributed by atoms with Gasteiger partial charge in [-0.1, -0.05) is 0 Å². The van der Waals surface area contributed by atoms with E-state index in [0.717, 1.165) is 6.07 Å². The van der Waals surface area contributed by atoms with Gasteiger partial charge in [0.25, 0.3) is 0 Å². The molecule has 1 atom stereocenters. The Hall–Kier alpha value is -1.09. The molecule has 0 aromatic heterocycles. The molecule has 70 valence electrons. The van der Waals surface area contributed by atoms with Crippen LogP contribution in [0.5, 0.6) is 0 Å². The molecule has 1 aromatic carbocycles. The van der Waals surface area contributed by atoms with E-state index in [0.29, 0.717) is 5.56 Å². The Morgan fingerprint density at radius 1 is 1.62 bits per heavy atom. The van der Waals surface area contributed by atoms with E-state index in [1.807, 2.05) is 0 Å². The summed E-state index contributed by atoms with van der Waals surface area (Å²) in [5.74, 6) is -0.785. The third kappa shape index (κ3) is 2.18. The molecule has 1 unspecified atom stereocenters. The maximum Gasteiger partial charge on any atom is 0.180 e. The predicted octanol–water partition coefficient (Wildman–Crippen LogP) is 2.22. The standard InChI is InChI=1S/C9H9ClFNO/c1-5(10)9(13)6-2-3-7(11)8(12)4-6/h2-5H,12H2,1H3. The minimum absolute atomic E-state index is 0.0387. The second-order valence-electron chi connectivity index (χ2n) is 2.72. The molecule has 0 spiro atoms. The lowest BCUT2D eigenvalue weighted by Crippen LogP contribution is -2.11. The number of hydrogen-bond acceptors (Lipinski definition) is 2. The normalized spacial score (nSPS) is 12.5. The average Bonchev–Trinajstić information content (AvgIpc) is 2.08. The highest BCUT2D eigenvalue weighted by atomic mass is 35.5. The van der Waals surface area contributed by atoms with Crippen molar-refractivity contribution < 1.29 is 9.18 Å². The Morgan fingerprint density at radius 3 is 2.69 bits per heavy atom. The Kier molecular flexibility index (Phi) is 2.88. The zero-order valence-corrected chi connectivity index (χ0v) is 7.81. The number of benzene rings is 1. The third-order valence-electron chi connectivity index (χ3n) is 1.64. The smallest absolute Gasteiger partial charge is 0.180 e. The maximum absolute atomic E-state index is 12.7. The molecule has 1 rings (SSSR count). The summed E-state index contributed by atoms with van der Waals surface area (Å²) >= 11 is 5.57. The van der Waals surface area contributed by atoms with Crippen LogP contribution in [0.3, 0.4) is 0 Å². The molecule has 0 radical (unpaired) electrons. The third-order valence-corrected chi connectivity index (χ3v) is 1.84. The van der Waals surface area contributed by atoms with E-state index in [2.05, 4.69) is 0 Å². The van der Waals surface area contributed by atoms with Crippen LogP contribution in [0.25, 0.3) is 0 Å². The summed E-state index contributed by atoms with van der Waals surface area (Å²) in [6.45, 7) is 1.56. The lowest BCUT2D eigenvalue weighted by molar-refractivity contribution is 0.0992. The number of Topliss-reactive ketones (excluding diaryl/α,β-unsaturated/α-hetero) is 1. The van der Waals surface area contributed by atoms with E-state index in [4.69, 9.17) is 17.3 Å². The van der Waals surface area contributed by atoms with Gasteiger partial charge >= 0.3 is 0 Å². The summed E-state index contributed by atoms with van der Waals surface area (Å²) in [7, 11) is 0. The number of nitrogens with two attached hydrogens (primary N) is 1. The van der Waals surface area contributed by atoms with E-state index in [9.17, 15) is 9.18 Å². The monoisotopic (exact) mass is 201 g/mol. The minimum atomic E-state index is -0.620. The molecule has 4 heteroatoms. The molecule has 2 N–H and O–H groups in total. The van der Waals surface area contributed by atoms with Gasteiger partial charge in [-0.3, -0.25) is 4.79 Å². The Labute approximate surface area is 80.5 Å². The molecular weight excluding hydrogens is 193 g/mol. The topological polar surface area (TPSA) is 43.1 Å². The first kappa shape index (κ1) is 9.99. The van der Waals surface area contributed by atoms with Gasteiger partial charge in [-0.15, -0.1) is 11.6 Å². The SMILES string of the molecule is CC(Cl)C(=O)c1ccc(F)c(N)c1. The number of halogens is 2. The maximum atomic E-state index is 12.7. The van der Waals surface area contributed by atoms with Gasteiger partial charge in [-0.25, -0.2) is 4.39 Å². The van der Waals surface area contributed by atoms with Crippen LogP contribution >= 0.6 is 11.6 Å². The lowest BCUT2D eigenvalue weighted by atomic mass is 10.1. The van der Waals surface area contributed by atoms with Gasteiger partial charge in [0.15, 0.2) is 5.78 Å². The number of rotatable bonds is 2. The van der Waals surface area contributed by atoms with Gasteiger partial charge in [0.1, 0.15) is 5.82 Å². The molecule has 0 aliphatic heterocycles. The zero-order chi connectivity index (χ0) is 10.0. The number of anilines is 1. The Morgan fingerprint density at radius 2 is 2.23 bits per heavy atom. The molecule has 0 saturated carbocycles. The number of hydrogen-bond donors (Lipinski definition) is 1. The van der Waals surface area contributed by atoms with Crippen LogP contribution in [-0.2, 0) is 0 Å². The van der Waals surface area contributed by atoms with Crippen LogP contribution in [0.2, 0.25) is 0 Å². The molecule has 0 fully saturated rings. The first-order valence-electron chi connectivity index (χ1n) is 3.75. The van der Waals surface area contributed by atoms with E-state index in [1.54, 1.807) is 6.92 Å². The number of carbonyl (C=O) groups is 1. The van der Waals surface area contributed by atoms with E-state index in [-0.39, 0.29) is 11.5 Å². The number of alkyl halides is 1. The van der Waals surface area contributed by atoms with Crippen molar-refractivity contribution in [3.8, 4) is 0 Å². The van der Waals surface area contributed by atoms with Crippen LogP contribution in [0.15, 0.2) is 18.2 Å². The summed E-state index contributed by atoms with van der Waals surface area (Å²) in [5.41, 5.74) is 5.58. The van der Waals surface area contributed by atoms with Crippen LogP contribution in [0.1, 0.15) is 17.3 Å². The van der Waals surface area contributed by atoms with Gasteiger partial charge in [0.05, 0.1) is 11.1 Å². The van der Waals surface area contributed by atoms with Crippen LogP contribution in [0.4, 0.5) is 10.1 Å². The average molecular weight is 202 g/mol. The van der Waals surface area contributed by atoms with Crippen molar-refractivity contribution in [3.63, 3.8) is 0 Å². The largest absolute Gasteiger partial charge is 0.396 e. The predicted molar refractivity (Wildman–Crippen MR) is 50.5 cm³/mol. The Bertz CT molecular complexity index is 338. The van der Waals surface area contributed by atoms with Gasteiger partial charge in [0.2, 0.25) is 0 Å². The molecule has 2 nitrogen and oxygen atoms in total. The van der Waals surface area contributed by atoms with Crippen molar-refractivity contribution in [1.82, 2.24) is 0 Å². The lowest BCUT2D eigenvalue weighted by Gasteiger charge is -2.03. The van der Waals surface area contributed by atoms with Gasteiger partial charge < -0.3 is 5.73 Å². The molecule has 0 amide bonds. The van der Waals surface area contributed by atoms with Crippen molar-refractivity contribution in [1.29, 1.82) is 0 Å². The van der Waals surface area contributed by atoms with Gasteiger partial charge in [0, 0.05) is 5.56 Å². The highest BCUT2D eigenvalue weighted by Gasteiger charge is 2.13.